The van der Waals surface area contributed by atoms with Crippen LogP contribution in [0.4, 0.5) is 0 Å². The highest BCUT2D eigenvalue weighted by Gasteiger charge is 2.85. The zero-order valence-corrected chi connectivity index (χ0v) is 10.5. The molecular weight excluding hydrogens is 218 g/mol. The van der Waals surface area contributed by atoms with E-state index in [9.17, 15) is 0 Å². The first kappa shape index (κ1) is 9.14. The highest BCUT2D eigenvalue weighted by atomic mass is 15.0. The first-order chi connectivity index (χ1) is 8.85. The average molecular weight is 237 g/mol. The number of hydrogen-bond donors (Lipinski definition) is 1. The van der Waals surface area contributed by atoms with Crippen LogP contribution in [0.5, 0.6) is 0 Å². The lowest BCUT2D eigenvalue weighted by atomic mass is 9.60. The van der Waals surface area contributed by atoms with Crippen molar-refractivity contribution >= 4 is 0 Å². The summed E-state index contributed by atoms with van der Waals surface area (Å²) in [5.74, 6) is 6.94. The van der Waals surface area contributed by atoms with Gasteiger partial charge >= 0.3 is 0 Å². The van der Waals surface area contributed by atoms with E-state index in [1.807, 2.05) is 0 Å². The Morgan fingerprint density at radius 1 is 0.944 bits per heavy atom. The third kappa shape index (κ3) is 0.602. The van der Waals surface area contributed by atoms with Crippen LogP contribution in [0.25, 0.3) is 0 Å². The van der Waals surface area contributed by atoms with E-state index < -0.39 is 0 Å². The predicted molar refractivity (Wildman–Crippen MR) is 69.8 cm³/mol. The van der Waals surface area contributed by atoms with Gasteiger partial charge in [0.05, 0.1) is 0 Å². The van der Waals surface area contributed by atoms with E-state index in [1.54, 1.807) is 5.56 Å². The summed E-state index contributed by atoms with van der Waals surface area (Å²) >= 11 is 0. The molecule has 0 radical (unpaired) electrons. The first-order valence-corrected chi connectivity index (χ1v) is 7.66. The monoisotopic (exact) mass is 237 g/mol. The molecule has 6 aliphatic carbocycles. The van der Waals surface area contributed by atoms with Crippen molar-refractivity contribution in [2.45, 2.75) is 24.3 Å². The van der Waals surface area contributed by atoms with Gasteiger partial charge in [-0.2, -0.15) is 0 Å². The van der Waals surface area contributed by atoms with Crippen LogP contribution in [-0.4, -0.2) is 6.04 Å². The Bertz CT molecular complexity index is 552. The molecule has 9 atom stereocenters. The maximum atomic E-state index is 6.81. The van der Waals surface area contributed by atoms with E-state index in [0.29, 0.717) is 11.5 Å². The number of hydrogen-bond acceptors (Lipinski definition) is 1. The quantitative estimate of drug-likeness (QED) is 0.797. The lowest BCUT2D eigenvalue weighted by molar-refractivity contribution is 0.107. The lowest BCUT2D eigenvalue weighted by Gasteiger charge is -2.43. The van der Waals surface area contributed by atoms with Crippen molar-refractivity contribution < 1.29 is 0 Å². The first-order valence-electron chi connectivity index (χ1n) is 7.66. The molecule has 1 aromatic rings. The summed E-state index contributed by atoms with van der Waals surface area (Å²) in [6, 6.07) is 11.8. The molecule has 0 amide bonds. The minimum Gasteiger partial charge on any atom is -0.327 e. The van der Waals surface area contributed by atoms with Crippen LogP contribution in [0.15, 0.2) is 30.3 Å². The molecule has 1 nitrogen and oxygen atoms in total. The minimum atomic E-state index is 0.402. The summed E-state index contributed by atoms with van der Waals surface area (Å²) in [6.07, 6.45) is 3.04. The van der Waals surface area contributed by atoms with Crippen LogP contribution in [-0.2, 0) is 5.41 Å². The van der Waals surface area contributed by atoms with Gasteiger partial charge in [0, 0.05) is 11.5 Å². The van der Waals surface area contributed by atoms with Gasteiger partial charge in [0.2, 0.25) is 0 Å². The van der Waals surface area contributed by atoms with Gasteiger partial charge in [-0.1, -0.05) is 30.3 Å². The Kier molecular flexibility index (Phi) is 1.23. The van der Waals surface area contributed by atoms with Crippen molar-refractivity contribution in [1.82, 2.24) is 0 Å². The molecule has 2 N–H and O–H groups in total. The SMILES string of the molecule is N[C@H]1[C@@H]2[C@H]3C[C@H]4[C@@H]5C[C@@H]([C@H]42)[C@]1(c1ccccc1)[C@@H]35. The van der Waals surface area contributed by atoms with Gasteiger partial charge in [0.25, 0.3) is 0 Å². The molecule has 0 unspecified atom stereocenters. The third-order valence-corrected chi connectivity index (χ3v) is 7.85. The minimum absolute atomic E-state index is 0.402. The molecule has 7 rings (SSSR count). The van der Waals surface area contributed by atoms with Gasteiger partial charge in [0.15, 0.2) is 0 Å². The normalized spacial score (nSPS) is 64.7. The van der Waals surface area contributed by atoms with Gasteiger partial charge in [0.1, 0.15) is 0 Å². The second kappa shape index (κ2) is 2.43. The van der Waals surface area contributed by atoms with Crippen molar-refractivity contribution in [2.24, 2.45) is 47.2 Å². The highest BCUT2D eigenvalue weighted by Crippen LogP contribution is 2.86. The van der Waals surface area contributed by atoms with E-state index >= 15 is 0 Å². The van der Waals surface area contributed by atoms with Crippen LogP contribution in [0, 0.1) is 41.4 Å². The molecule has 6 bridgehead atoms. The predicted octanol–water partition coefficient (Wildman–Crippen LogP) is 2.41. The van der Waals surface area contributed by atoms with Gasteiger partial charge in [-0.25, -0.2) is 0 Å². The van der Waals surface area contributed by atoms with E-state index in [0.717, 1.165) is 41.4 Å². The summed E-state index contributed by atoms with van der Waals surface area (Å²) in [5, 5.41) is 0. The van der Waals surface area contributed by atoms with Crippen LogP contribution in [0.2, 0.25) is 0 Å². The number of benzene rings is 1. The molecule has 0 heterocycles. The zero-order valence-electron chi connectivity index (χ0n) is 10.5. The van der Waals surface area contributed by atoms with Crippen LogP contribution in [0.3, 0.4) is 0 Å². The Hall–Kier alpha value is -0.820. The largest absolute Gasteiger partial charge is 0.327 e. The van der Waals surface area contributed by atoms with Gasteiger partial charge in [-0.05, 0) is 59.8 Å². The molecule has 6 aliphatic rings. The fourth-order valence-electron chi connectivity index (χ4n) is 8.06. The molecule has 1 aromatic carbocycles. The topological polar surface area (TPSA) is 26.0 Å². The second-order valence-electron chi connectivity index (χ2n) is 7.57. The van der Waals surface area contributed by atoms with Crippen LogP contribution >= 0.6 is 0 Å². The summed E-state index contributed by atoms with van der Waals surface area (Å²) in [7, 11) is 0. The summed E-state index contributed by atoms with van der Waals surface area (Å²) in [6.45, 7) is 0. The van der Waals surface area contributed by atoms with Gasteiger partial charge in [-0.3, -0.25) is 0 Å². The Labute approximate surface area is 108 Å². The van der Waals surface area contributed by atoms with Crippen LogP contribution < -0.4 is 5.73 Å². The lowest BCUT2D eigenvalue weighted by Crippen LogP contribution is -2.46. The summed E-state index contributed by atoms with van der Waals surface area (Å²) in [5.41, 5.74) is 8.80. The van der Waals surface area contributed by atoms with Crippen molar-refractivity contribution in [2.75, 3.05) is 0 Å². The molecule has 0 aliphatic heterocycles. The van der Waals surface area contributed by atoms with Crippen molar-refractivity contribution in [3.8, 4) is 0 Å². The van der Waals surface area contributed by atoms with Crippen molar-refractivity contribution in [3.63, 3.8) is 0 Å². The average Bonchev–Trinajstić information content (AvgIpc) is 3.11. The van der Waals surface area contributed by atoms with Crippen molar-refractivity contribution in [3.05, 3.63) is 35.9 Å². The molecule has 1 heteroatoms. The number of nitrogens with two attached hydrogens (primary N) is 1. The molecule has 0 saturated heterocycles. The molecule has 0 aromatic heterocycles. The fourth-order valence-corrected chi connectivity index (χ4v) is 8.06. The third-order valence-electron chi connectivity index (χ3n) is 7.85. The Balaban J connectivity index is 1.68. The summed E-state index contributed by atoms with van der Waals surface area (Å²) in [4.78, 5) is 0. The van der Waals surface area contributed by atoms with Crippen molar-refractivity contribution in [1.29, 1.82) is 0 Å². The zero-order chi connectivity index (χ0) is 11.6. The molecule has 0 spiro atoms. The standard InChI is InChI=1S/C17H19N/c18-16-14-11-6-9-10-7-12(13(9)14)17(16,15(10)11)8-4-2-1-3-5-8/h1-5,9-16H,6-7,18H2/t9-,10-,11+,12-,13-,14+,15+,16-,17+/m0/s1. The highest BCUT2D eigenvalue weighted by molar-refractivity contribution is 5.46. The van der Waals surface area contributed by atoms with Gasteiger partial charge in [-0.15, -0.1) is 0 Å². The molecule has 92 valence electrons. The van der Waals surface area contributed by atoms with E-state index in [-0.39, 0.29) is 0 Å². The molecule has 6 fully saturated rings. The smallest absolute Gasteiger partial charge is 0.0176 e. The Morgan fingerprint density at radius 3 is 2.61 bits per heavy atom. The summed E-state index contributed by atoms with van der Waals surface area (Å²) < 4.78 is 0. The van der Waals surface area contributed by atoms with Crippen LogP contribution in [0.1, 0.15) is 18.4 Å². The number of rotatable bonds is 1. The van der Waals surface area contributed by atoms with E-state index in [1.165, 1.54) is 12.8 Å². The molecule has 6 saturated carbocycles. The fraction of sp³-hybridized carbons (Fsp3) is 0.647. The van der Waals surface area contributed by atoms with E-state index in [2.05, 4.69) is 30.3 Å². The second-order valence-corrected chi connectivity index (χ2v) is 7.57. The molecular formula is C17H19N. The van der Waals surface area contributed by atoms with Gasteiger partial charge < -0.3 is 5.73 Å². The Morgan fingerprint density at radius 2 is 1.78 bits per heavy atom. The van der Waals surface area contributed by atoms with E-state index in [4.69, 9.17) is 5.73 Å². The maximum absolute atomic E-state index is 6.81. The maximum Gasteiger partial charge on any atom is 0.0176 e. The molecule has 18 heavy (non-hydrogen) atoms.